The lowest BCUT2D eigenvalue weighted by atomic mass is 10.0. The number of ether oxygens (including phenoxy) is 1. The molecular weight excluding hydrogens is 176 g/mol. The van der Waals surface area contributed by atoms with Crippen LogP contribution < -0.4 is 0 Å². The number of carbonyl (C=O) groups excluding carboxylic acids is 1. The molecule has 0 amide bonds. The van der Waals surface area contributed by atoms with Gasteiger partial charge in [-0.3, -0.25) is 0 Å². The molecule has 1 atom stereocenters. The van der Waals surface area contributed by atoms with Crippen molar-refractivity contribution in [2.75, 3.05) is 0 Å². The Morgan fingerprint density at radius 2 is 1.93 bits per heavy atom. The first-order valence-corrected chi connectivity index (χ1v) is 5.39. The molecule has 0 fully saturated rings. The molecule has 82 valence electrons. The minimum atomic E-state index is -0.236. The minimum absolute atomic E-state index is 0.0470. The third-order valence-corrected chi connectivity index (χ3v) is 2.18. The Balaban J connectivity index is 4.04. The van der Waals surface area contributed by atoms with Gasteiger partial charge in [-0.2, -0.15) is 0 Å². The summed E-state index contributed by atoms with van der Waals surface area (Å²) >= 11 is 0. The molecule has 0 radical (unpaired) electrons. The molecule has 0 heterocycles. The quantitative estimate of drug-likeness (QED) is 0.483. The van der Waals surface area contributed by atoms with Gasteiger partial charge in [-0.15, -0.1) is 0 Å². The summed E-state index contributed by atoms with van der Waals surface area (Å²) < 4.78 is 5.32. The van der Waals surface area contributed by atoms with Crippen LogP contribution in [0.4, 0.5) is 0 Å². The van der Waals surface area contributed by atoms with E-state index in [9.17, 15) is 4.79 Å². The highest BCUT2D eigenvalue weighted by molar-refractivity contribution is 5.87. The van der Waals surface area contributed by atoms with E-state index in [1.54, 1.807) is 0 Å². The van der Waals surface area contributed by atoms with Gasteiger partial charge in [0.1, 0.15) is 6.10 Å². The highest BCUT2D eigenvalue weighted by atomic mass is 16.5. The van der Waals surface area contributed by atoms with E-state index in [1.807, 2.05) is 13.8 Å². The maximum Gasteiger partial charge on any atom is 0.333 e. The van der Waals surface area contributed by atoms with Gasteiger partial charge < -0.3 is 4.74 Å². The van der Waals surface area contributed by atoms with E-state index in [2.05, 4.69) is 20.4 Å². The van der Waals surface area contributed by atoms with Crippen molar-refractivity contribution in [3.63, 3.8) is 0 Å². The predicted octanol–water partition coefficient (Wildman–Crippen LogP) is 3.32. The Labute approximate surface area is 87.3 Å². The zero-order chi connectivity index (χ0) is 11.1. The normalized spacial score (nSPS) is 12.6. The molecule has 0 aliphatic heterocycles. The second-order valence-electron chi connectivity index (χ2n) is 4.02. The first kappa shape index (κ1) is 13.2. The van der Waals surface area contributed by atoms with Crippen molar-refractivity contribution in [2.45, 2.75) is 53.1 Å². The Hall–Kier alpha value is -0.790. The molecule has 0 spiro atoms. The smallest absolute Gasteiger partial charge is 0.333 e. The van der Waals surface area contributed by atoms with Crippen molar-refractivity contribution in [1.29, 1.82) is 0 Å². The van der Waals surface area contributed by atoms with Crippen molar-refractivity contribution >= 4 is 5.97 Å². The van der Waals surface area contributed by atoms with Gasteiger partial charge in [-0.1, -0.05) is 34.3 Å². The largest absolute Gasteiger partial charge is 0.459 e. The Morgan fingerprint density at radius 1 is 1.36 bits per heavy atom. The van der Waals surface area contributed by atoms with Crippen LogP contribution in [0.25, 0.3) is 0 Å². The molecule has 0 bridgehead atoms. The third-order valence-electron chi connectivity index (χ3n) is 2.18. The van der Waals surface area contributed by atoms with E-state index in [1.165, 1.54) is 0 Å². The molecule has 2 nitrogen and oxygen atoms in total. The van der Waals surface area contributed by atoms with Crippen LogP contribution in [0.5, 0.6) is 0 Å². The van der Waals surface area contributed by atoms with Gasteiger partial charge in [0.15, 0.2) is 0 Å². The van der Waals surface area contributed by atoms with Crippen molar-refractivity contribution in [2.24, 2.45) is 5.92 Å². The van der Waals surface area contributed by atoms with Crippen LogP contribution in [0.2, 0.25) is 0 Å². The highest BCUT2D eigenvalue weighted by Gasteiger charge is 2.15. The summed E-state index contributed by atoms with van der Waals surface area (Å²) in [6.45, 7) is 11.9. The average Bonchev–Trinajstić information content (AvgIpc) is 2.14. The summed E-state index contributed by atoms with van der Waals surface area (Å²) in [5.74, 6) is 0.322. The molecule has 0 N–H and O–H groups in total. The summed E-state index contributed by atoms with van der Waals surface area (Å²) in [5, 5.41) is 0. The summed E-state index contributed by atoms with van der Waals surface area (Å²) in [4.78, 5) is 11.4. The fourth-order valence-electron chi connectivity index (χ4n) is 1.20. The van der Waals surface area contributed by atoms with Gasteiger partial charge in [0.05, 0.1) is 0 Å². The van der Waals surface area contributed by atoms with Crippen molar-refractivity contribution in [1.82, 2.24) is 0 Å². The van der Waals surface area contributed by atoms with Crippen LogP contribution in [0, 0.1) is 5.92 Å². The molecule has 0 aromatic rings. The second-order valence-corrected chi connectivity index (χ2v) is 4.02. The van der Waals surface area contributed by atoms with Crippen LogP contribution in [0.3, 0.4) is 0 Å². The van der Waals surface area contributed by atoms with E-state index in [0.717, 1.165) is 12.8 Å². The van der Waals surface area contributed by atoms with E-state index >= 15 is 0 Å². The standard InChI is InChI=1S/C12H22O2/c1-6-10(5)12(13)14-11(7-2)8-9(3)4/h9,11H,5-8H2,1-4H3. The monoisotopic (exact) mass is 198 g/mol. The molecule has 0 saturated heterocycles. The summed E-state index contributed by atoms with van der Waals surface area (Å²) in [6, 6.07) is 0. The van der Waals surface area contributed by atoms with Crippen LogP contribution in [-0.2, 0) is 9.53 Å². The number of rotatable bonds is 6. The average molecular weight is 198 g/mol. The van der Waals surface area contributed by atoms with E-state index in [4.69, 9.17) is 4.74 Å². The maximum atomic E-state index is 11.4. The van der Waals surface area contributed by atoms with Crippen molar-refractivity contribution in [3.8, 4) is 0 Å². The van der Waals surface area contributed by atoms with Gasteiger partial charge >= 0.3 is 5.97 Å². The molecule has 0 aliphatic rings. The Bertz CT molecular complexity index is 194. The van der Waals surface area contributed by atoms with Gasteiger partial charge in [0, 0.05) is 5.57 Å². The van der Waals surface area contributed by atoms with E-state index in [0.29, 0.717) is 17.9 Å². The first-order valence-electron chi connectivity index (χ1n) is 5.39. The SMILES string of the molecule is C=C(CC)C(=O)OC(CC)CC(C)C. The molecule has 2 heteroatoms. The number of hydrogen-bond acceptors (Lipinski definition) is 2. The number of carbonyl (C=O) groups is 1. The summed E-state index contributed by atoms with van der Waals surface area (Å²) in [5.41, 5.74) is 0.562. The van der Waals surface area contributed by atoms with Crippen LogP contribution in [-0.4, -0.2) is 12.1 Å². The lowest BCUT2D eigenvalue weighted by Crippen LogP contribution is -2.20. The fourth-order valence-corrected chi connectivity index (χ4v) is 1.20. The maximum absolute atomic E-state index is 11.4. The van der Waals surface area contributed by atoms with Crippen molar-refractivity contribution in [3.05, 3.63) is 12.2 Å². The number of esters is 1. The van der Waals surface area contributed by atoms with Gasteiger partial charge in [0.2, 0.25) is 0 Å². The molecule has 0 rings (SSSR count). The molecule has 0 aromatic heterocycles. The lowest BCUT2D eigenvalue weighted by Gasteiger charge is -2.18. The molecular formula is C12H22O2. The van der Waals surface area contributed by atoms with Crippen LogP contribution in [0.15, 0.2) is 12.2 Å². The fraction of sp³-hybridized carbons (Fsp3) is 0.750. The first-order chi connectivity index (χ1) is 6.51. The third kappa shape index (κ3) is 5.05. The second kappa shape index (κ2) is 6.63. The zero-order valence-electron chi connectivity index (χ0n) is 9.80. The van der Waals surface area contributed by atoms with Crippen molar-refractivity contribution < 1.29 is 9.53 Å². The van der Waals surface area contributed by atoms with E-state index in [-0.39, 0.29) is 12.1 Å². The Morgan fingerprint density at radius 3 is 2.29 bits per heavy atom. The predicted molar refractivity (Wildman–Crippen MR) is 59.1 cm³/mol. The number of hydrogen-bond donors (Lipinski definition) is 0. The van der Waals surface area contributed by atoms with Crippen LogP contribution >= 0.6 is 0 Å². The molecule has 0 aliphatic carbocycles. The zero-order valence-corrected chi connectivity index (χ0v) is 9.80. The van der Waals surface area contributed by atoms with E-state index < -0.39 is 0 Å². The Kier molecular flexibility index (Phi) is 6.26. The minimum Gasteiger partial charge on any atom is -0.459 e. The van der Waals surface area contributed by atoms with Gasteiger partial charge in [-0.05, 0) is 25.2 Å². The highest BCUT2D eigenvalue weighted by Crippen LogP contribution is 2.13. The topological polar surface area (TPSA) is 26.3 Å². The van der Waals surface area contributed by atoms with Crippen LogP contribution in [0.1, 0.15) is 47.0 Å². The molecule has 0 saturated carbocycles. The lowest BCUT2D eigenvalue weighted by molar-refractivity contribution is -0.145. The molecule has 14 heavy (non-hydrogen) atoms. The molecule has 0 aromatic carbocycles. The molecule has 1 unspecified atom stereocenters. The van der Waals surface area contributed by atoms with Gasteiger partial charge in [-0.25, -0.2) is 4.79 Å². The van der Waals surface area contributed by atoms with Gasteiger partial charge in [0.25, 0.3) is 0 Å². The summed E-state index contributed by atoms with van der Waals surface area (Å²) in [6.07, 6.45) is 2.52. The summed E-state index contributed by atoms with van der Waals surface area (Å²) in [7, 11) is 0.